The fraction of sp³-hybridized carbons (Fsp3) is 0.500. The van der Waals surface area contributed by atoms with Gasteiger partial charge in [-0.15, -0.1) is 0 Å². The van der Waals surface area contributed by atoms with Gasteiger partial charge in [-0.25, -0.2) is 5.43 Å². The predicted octanol–water partition coefficient (Wildman–Crippen LogP) is 4.26. The van der Waals surface area contributed by atoms with Crippen molar-refractivity contribution in [3.63, 3.8) is 0 Å². The number of nitrogens with zero attached hydrogens (tertiary/aromatic N) is 3. The summed E-state index contributed by atoms with van der Waals surface area (Å²) in [5.41, 5.74) is 6.19. The van der Waals surface area contributed by atoms with Gasteiger partial charge in [0.2, 0.25) is 0 Å². The zero-order chi connectivity index (χ0) is 24.9. The first-order chi connectivity index (χ1) is 15.9. The molecule has 6 nitrogen and oxygen atoms in total. The number of hydrogen-bond acceptors (Lipinski definition) is 5. The van der Waals surface area contributed by atoms with Crippen molar-refractivity contribution in [2.45, 2.75) is 58.9 Å². The molecule has 0 aromatic heterocycles. The monoisotopic (exact) mass is 464 g/mol. The number of amides is 1. The summed E-state index contributed by atoms with van der Waals surface area (Å²) in [5, 5.41) is 15.1. The van der Waals surface area contributed by atoms with Gasteiger partial charge >= 0.3 is 0 Å². The minimum atomic E-state index is -0.208. The van der Waals surface area contributed by atoms with Crippen LogP contribution in [0.15, 0.2) is 47.6 Å². The van der Waals surface area contributed by atoms with Crippen molar-refractivity contribution >= 4 is 12.1 Å². The topological polar surface area (TPSA) is 68.2 Å². The number of benzene rings is 2. The van der Waals surface area contributed by atoms with Crippen LogP contribution in [0.3, 0.4) is 0 Å². The molecule has 184 valence electrons. The van der Waals surface area contributed by atoms with Gasteiger partial charge in [0.25, 0.3) is 5.91 Å². The Morgan fingerprint density at radius 2 is 1.47 bits per heavy atom. The third kappa shape index (κ3) is 7.15. The van der Waals surface area contributed by atoms with Gasteiger partial charge in [-0.05, 0) is 34.1 Å². The molecule has 0 spiro atoms. The van der Waals surface area contributed by atoms with Crippen LogP contribution >= 0.6 is 0 Å². The molecule has 1 aliphatic rings. The van der Waals surface area contributed by atoms with Gasteiger partial charge in [0.15, 0.2) is 0 Å². The Hall–Kier alpha value is -2.70. The molecule has 2 N–H and O–H groups in total. The largest absolute Gasteiger partial charge is 0.507 e. The zero-order valence-corrected chi connectivity index (χ0v) is 21.6. The van der Waals surface area contributed by atoms with Crippen molar-refractivity contribution < 1.29 is 9.90 Å². The Kier molecular flexibility index (Phi) is 8.16. The molecule has 1 fully saturated rings. The first-order valence-electron chi connectivity index (χ1n) is 12.1. The maximum Gasteiger partial charge on any atom is 0.254 e. The number of aromatic hydroxyl groups is 1. The molecule has 1 amide bonds. The van der Waals surface area contributed by atoms with Gasteiger partial charge in [-0.3, -0.25) is 14.6 Å². The fourth-order valence-corrected chi connectivity index (χ4v) is 4.24. The molecular formula is C28H40N4O2. The number of carbonyl (C=O) groups is 1. The minimum absolute atomic E-state index is 0.112. The maximum atomic E-state index is 12.5. The van der Waals surface area contributed by atoms with E-state index in [1.165, 1.54) is 5.56 Å². The van der Waals surface area contributed by atoms with Crippen LogP contribution in [-0.2, 0) is 22.2 Å². The number of hydrazone groups is 1. The summed E-state index contributed by atoms with van der Waals surface area (Å²) in [6, 6.07) is 14.4. The van der Waals surface area contributed by atoms with Crippen LogP contribution < -0.4 is 5.43 Å². The fourth-order valence-electron chi connectivity index (χ4n) is 4.24. The molecule has 0 aliphatic carbocycles. The number of piperazine rings is 1. The highest BCUT2D eigenvalue weighted by Gasteiger charge is 2.26. The van der Waals surface area contributed by atoms with E-state index in [2.05, 4.69) is 86.1 Å². The highest BCUT2D eigenvalue weighted by atomic mass is 16.3. The van der Waals surface area contributed by atoms with E-state index in [4.69, 9.17) is 0 Å². The van der Waals surface area contributed by atoms with E-state index in [0.717, 1.165) is 49.4 Å². The standard InChI is InChI=1S/C28H40N4O2/c1-27(2,3)23-16-22(17-24(26(23)34)28(4,5)6)18-29-30-25(33)20-32-14-12-31(13-15-32)19-21-10-8-7-9-11-21/h7-11,16-18,34H,12-15,19-20H2,1-6H3,(H,30,33). The van der Waals surface area contributed by atoms with E-state index in [0.29, 0.717) is 12.3 Å². The summed E-state index contributed by atoms with van der Waals surface area (Å²) < 4.78 is 0. The number of hydrogen-bond donors (Lipinski definition) is 2. The molecule has 2 aromatic rings. The Bertz CT molecular complexity index is 960. The second kappa shape index (κ2) is 10.7. The number of phenolic OH excluding ortho intramolecular Hbond substituents is 1. The molecule has 0 unspecified atom stereocenters. The second-order valence-corrected chi connectivity index (χ2v) is 11.3. The van der Waals surface area contributed by atoms with E-state index >= 15 is 0 Å². The van der Waals surface area contributed by atoms with Crippen LogP contribution in [0.25, 0.3) is 0 Å². The van der Waals surface area contributed by atoms with Crippen molar-refractivity contribution in [2.75, 3.05) is 32.7 Å². The average molecular weight is 465 g/mol. The minimum Gasteiger partial charge on any atom is -0.507 e. The lowest BCUT2D eigenvalue weighted by Gasteiger charge is -2.34. The van der Waals surface area contributed by atoms with Crippen LogP contribution in [0.2, 0.25) is 0 Å². The molecule has 3 rings (SSSR count). The van der Waals surface area contributed by atoms with Crippen LogP contribution in [0.5, 0.6) is 5.75 Å². The van der Waals surface area contributed by atoms with Gasteiger partial charge in [0.1, 0.15) is 5.75 Å². The van der Waals surface area contributed by atoms with Crippen LogP contribution in [0, 0.1) is 0 Å². The van der Waals surface area contributed by atoms with Crippen LogP contribution in [0.4, 0.5) is 0 Å². The van der Waals surface area contributed by atoms with Crippen molar-refractivity contribution in [2.24, 2.45) is 5.10 Å². The second-order valence-electron chi connectivity index (χ2n) is 11.3. The van der Waals surface area contributed by atoms with E-state index in [1.54, 1.807) is 6.21 Å². The molecule has 0 radical (unpaired) electrons. The number of nitrogens with one attached hydrogen (secondary N) is 1. The summed E-state index contributed by atoms with van der Waals surface area (Å²) in [6.07, 6.45) is 1.67. The van der Waals surface area contributed by atoms with E-state index in [9.17, 15) is 9.90 Å². The number of phenols is 1. The van der Waals surface area contributed by atoms with Crippen LogP contribution in [0.1, 0.15) is 63.8 Å². The molecule has 6 heteroatoms. The maximum absolute atomic E-state index is 12.5. The molecule has 0 atom stereocenters. The molecule has 1 aliphatic heterocycles. The Morgan fingerprint density at radius 3 is 2.00 bits per heavy atom. The van der Waals surface area contributed by atoms with Crippen molar-refractivity contribution in [1.82, 2.24) is 15.2 Å². The molecule has 1 heterocycles. The predicted molar refractivity (Wildman–Crippen MR) is 139 cm³/mol. The molecule has 34 heavy (non-hydrogen) atoms. The van der Waals surface area contributed by atoms with Gasteiger partial charge < -0.3 is 5.11 Å². The Labute approximate surface area is 204 Å². The third-order valence-corrected chi connectivity index (χ3v) is 6.23. The third-order valence-electron chi connectivity index (χ3n) is 6.23. The normalized spacial score (nSPS) is 16.2. The van der Waals surface area contributed by atoms with Crippen molar-refractivity contribution in [3.05, 3.63) is 64.7 Å². The summed E-state index contributed by atoms with van der Waals surface area (Å²) in [6.45, 7) is 17.4. The molecule has 2 aromatic carbocycles. The van der Waals surface area contributed by atoms with Crippen LogP contribution in [-0.4, -0.2) is 59.8 Å². The lowest BCUT2D eigenvalue weighted by molar-refractivity contribution is -0.122. The summed E-state index contributed by atoms with van der Waals surface area (Å²) in [5.74, 6) is 0.228. The van der Waals surface area contributed by atoms with Gasteiger partial charge in [-0.2, -0.15) is 5.10 Å². The molecular weight excluding hydrogens is 424 g/mol. The van der Waals surface area contributed by atoms with Gasteiger partial charge in [-0.1, -0.05) is 71.9 Å². The molecule has 1 saturated heterocycles. The number of carbonyl (C=O) groups excluding carboxylic acids is 1. The Balaban J connectivity index is 1.55. The van der Waals surface area contributed by atoms with E-state index in [-0.39, 0.29) is 16.7 Å². The summed E-state index contributed by atoms with van der Waals surface area (Å²) in [7, 11) is 0. The van der Waals surface area contributed by atoms with Gasteiger partial charge in [0.05, 0.1) is 12.8 Å². The van der Waals surface area contributed by atoms with Crippen molar-refractivity contribution in [1.29, 1.82) is 0 Å². The first-order valence-corrected chi connectivity index (χ1v) is 12.1. The smallest absolute Gasteiger partial charge is 0.254 e. The first kappa shape index (κ1) is 25.9. The van der Waals surface area contributed by atoms with Gasteiger partial charge in [0, 0.05) is 43.9 Å². The van der Waals surface area contributed by atoms with E-state index in [1.807, 2.05) is 18.2 Å². The van der Waals surface area contributed by atoms with Crippen molar-refractivity contribution in [3.8, 4) is 5.75 Å². The Morgan fingerprint density at radius 1 is 0.941 bits per heavy atom. The van der Waals surface area contributed by atoms with E-state index < -0.39 is 0 Å². The highest BCUT2D eigenvalue weighted by Crippen LogP contribution is 2.39. The quantitative estimate of drug-likeness (QED) is 0.495. The SMILES string of the molecule is CC(C)(C)c1cc(C=NNC(=O)CN2CCN(Cc3ccccc3)CC2)cc(C(C)(C)C)c1O. The zero-order valence-electron chi connectivity index (χ0n) is 21.6. The number of rotatable bonds is 6. The lowest BCUT2D eigenvalue weighted by Crippen LogP contribution is -2.48. The lowest BCUT2D eigenvalue weighted by atomic mass is 9.78. The highest BCUT2D eigenvalue weighted by molar-refractivity contribution is 5.84. The molecule has 0 saturated carbocycles. The summed E-state index contributed by atoms with van der Waals surface area (Å²) in [4.78, 5) is 17.1. The molecule has 0 bridgehead atoms. The summed E-state index contributed by atoms with van der Waals surface area (Å²) >= 11 is 0. The average Bonchev–Trinajstić information content (AvgIpc) is 2.75.